The molecule has 47 heavy (non-hydrogen) atoms. The lowest BCUT2D eigenvalue weighted by Gasteiger charge is -2.21. The highest BCUT2D eigenvalue weighted by Crippen LogP contribution is 2.48. The van der Waals surface area contributed by atoms with E-state index in [1.54, 1.807) is 0 Å². The molecule has 0 atom stereocenters. The summed E-state index contributed by atoms with van der Waals surface area (Å²) in [5.41, 5.74) is 8.43. The van der Waals surface area contributed by atoms with Crippen molar-refractivity contribution in [1.29, 1.82) is 0 Å². The summed E-state index contributed by atoms with van der Waals surface area (Å²) in [6.45, 7) is 0. The first-order chi connectivity index (χ1) is 23.2. The van der Waals surface area contributed by atoms with Crippen LogP contribution in [0.5, 0.6) is 46.0 Å². The number of aromatic nitrogens is 2. The van der Waals surface area contributed by atoms with Crippen molar-refractivity contribution in [3.8, 4) is 79.4 Å². The van der Waals surface area contributed by atoms with E-state index in [4.69, 9.17) is 23.9 Å². The summed E-state index contributed by atoms with van der Waals surface area (Å²) < 4.78 is 26.6. The number of fused-ring (bicyclic) bond motifs is 7. The summed E-state index contributed by atoms with van der Waals surface area (Å²) in [5, 5.41) is 1.13. The monoisotopic (exact) mass is 608 g/mol. The lowest BCUT2D eigenvalue weighted by atomic mass is 9.98. The van der Waals surface area contributed by atoms with Gasteiger partial charge in [0.05, 0.1) is 5.52 Å². The minimum Gasteiger partial charge on any atom is -0.450 e. The van der Waals surface area contributed by atoms with E-state index in [9.17, 15) is 0 Å². The Balaban J connectivity index is 1.01. The molecule has 0 bridgehead atoms. The van der Waals surface area contributed by atoms with Crippen molar-refractivity contribution in [2.45, 2.75) is 0 Å². The van der Waals surface area contributed by atoms with Gasteiger partial charge in [-0.05, 0) is 88.5 Å². The van der Waals surface area contributed by atoms with Crippen LogP contribution >= 0.6 is 0 Å². The third-order valence-corrected chi connectivity index (χ3v) is 8.80. The van der Waals surface area contributed by atoms with E-state index in [0.717, 1.165) is 67.2 Å². The minimum absolute atomic E-state index is 0.701. The third-order valence-electron chi connectivity index (χ3n) is 8.80. The van der Waals surface area contributed by atoms with Gasteiger partial charge >= 0.3 is 0 Å². The second-order valence-corrected chi connectivity index (χ2v) is 11.6. The molecule has 6 nitrogen and oxygen atoms in total. The van der Waals surface area contributed by atoms with Crippen LogP contribution in [0.3, 0.4) is 0 Å². The molecule has 0 spiro atoms. The summed E-state index contributed by atoms with van der Waals surface area (Å²) in [6, 6.07) is 44.7. The van der Waals surface area contributed by atoms with Gasteiger partial charge in [0.2, 0.25) is 0 Å². The van der Waals surface area contributed by atoms with Gasteiger partial charge in [0.1, 0.15) is 5.65 Å². The number of ether oxygens (including phenoxy) is 4. The molecular weight excluding hydrogens is 584 g/mol. The number of benzene rings is 6. The van der Waals surface area contributed by atoms with Crippen LogP contribution in [-0.2, 0) is 0 Å². The molecule has 0 saturated carbocycles. The van der Waals surface area contributed by atoms with E-state index in [0.29, 0.717) is 28.7 Å². The van der Waals surface area contributed by atoms with Gasteiger partial charge in [-0.3, -0.25) is 0 Å². The van der Waals surface area contributed by atoms with Crippen molar-refractivity contribution < 1.29 is 18.9 Å². The van der Waals surface area contributed by atoms with Crippen LogP contribution < -0.4 is 18.9 Å². The second-order valence-electron chi connectivity index (χ2n) is 11.6. The molecule has 0 fully saturated rings. The zero-order valence-corrected chi connectivity index (χ0v) is 24.9. The molecular formula is C41H24N2O4. The molecule has 10 rings (SSSR count). The van der Waals surface area contributed by atoms with Crippen LogP contribution in [0.15, 0.2) is 146 Å². The number of nitrogens with zero attached hydrogens (tertiary/aromatic N) is 2. The van der Waals surface area contributed by atoms with E-state index < -0.39 is 0 Å². The van der Waals surface area contributed by atoms with Crippen molar-refractivity contribution in [3.63, 3.8) is 0 Å². The molecule has 6 aromatic carbocycles. The fourth-order valence-corrected chi connectivity index (χ4v) is 6.52. The number of hydrogen-bond donors (Lipinski definition) is 0. The number of para-hydroxylation sites is 4. The van der Waals surface area contributed by atoms with Crippen LogP contribution in [0.4, 0.5) is 0 Å². The number of hydrogen-bond acceptors (Lipinski definition) is 5. The molecule has 222 valence electrons. The SMILES string of the molecule is c1ccc2c(c1)Oc1ccc(-c3ccc(-c4c5ccc(-c6ccc7c(c6)Oc6ccccc6O7)cc5n5cccnc45)cc3)cc1O2. The van der Waals surface area contributed by atoms with Crippen LogP contribution in [0, 0.1) is 0 Å². The quantitative estimate of drug-likeness (QED) is 0.200. The summed E-state index contributed by atoms with van der Waals surface area (Å²) in [5.74, 6) is 5.70. The van der Waals surface area contributed by atoms with Gasteiger partial charge < -0.3 is 23.3 Å². The Morgan fingerprint density at radius 2 is 0.872 bits per heavy atom. The molecule has 0 amide bonds. The molecule has 0 saturated heterocycles. The molecule has 0 radical (unpaired) electrons. The standard InChI is InChI=1S/C41H24N2O4/c1-3-8-34-32(6-1)44-36-18-15-28(23-38(36)46-34)25-10-12-26(13-11-25)40-30-17-14-27(22-31(30)43-21-5-20-42-41(40)43)29-16-19-37-39(24-29)47-35-9-4-2-7-33(35)45-37/h1-24H. The molecule has 6 heteroatoms. The van der Waals surface area contributed by atoms with Gasteiger partial charge in [-0.15, -0.1) is 0 Å². The minimum atomic E-state index is 0.701. The fourth-order valence-electron chi connectivity index (χ4n) is 6.52. The van der Waals surface area contributed by atoms with Gasteiger partial charge in [-0.2, -0.15) is 0 Å². The normalized spacial score (nSPS) is 12.5. The summed E-state index contributed by atoms with van der Waals surface area (Å²) in [4.78, 5) is 4.82. The highest BCUT2D eigenvalue weighted by molar-refractivity contribution is 6.05. The topological polar surface area (TPSA) is 54.2 Å². The Bertz CT molecular complexity index is 2530. The smallest absolute Gasteiger partial charge is 0.170 e. The summed E-state index contributed by atoms with van der Waals surface area (Å²) in [7, 11) is 0. The average molecular weight is 609 g/mol. The third kappa shape index (κ3) is 4.16. The zero-order chi connectivity index (χ0) is 30.9. The Hall–Kier alpha value is -6.53. The molecule has 8 aromatic rings. The van der Waals surface area contributed by atoms with Crippen molar-refractivity contribution in [2.24, 2.45) is 0 Å². The van der Waals surface area contributed by atoms with E-state index in [2.05, 4.69) is 65.2 Å². The lowest BCUT2D eigenvalue weighted by molar-refractivity contribution is 0.360. The molecule has 0 N–H and O–H groups in total. The Morgan fingerprint density at radius 3 is 1.49 bits per heavy atom. The molecule has 2 aromatic heterocycles. The van der Waals surface area contributed by atoms with E-state index >= 15 is 0 Å². The zero-order valence-electron chi connectivity index (χ0n) is 24.9. The summed E-state index contributed by atoms with van der Waals surface area (Å²) >= 11 is 0. The van der Waals surface area contributed by atoms with Gasteiger partial charge in [-0.1, -0.05) is 72.8 Å². The predicted octanol–water partition coefficient (Wildman–Crippen LogP) is 11.3. The average Bonchev–Trinajstić information content (AvgIpc) is 3.46. The first-order valence-corrected chi connectivity index (χ1v) is 15.4. The highest BCUT2D eigenvalue weighted by Gasteiger charge is 2.21. The first-order valence-electron chi connectivity index (χ1n) is 15.4. The van der Waals surface area contributed by atoms with Crippen molar-refractivity contribution in [2.75, 3.05) is 0 Å². The fraction of sp³-hybridized carbons (Fsp3) is 0. The number of rotatable bonds is 3. The van der Waals surface area contributed by atoms with Crippen molar-refractivity contribution >= 4 is 16.6 Å². The highest BCUT2D eigenvalue weighted by atomic mass is 16.6. The molecule has 2 aliphatic heterocycles. The van der Waals surface area contributed by atoms with Gasteiger partial charge in [0.25, 0.3) is 0 Å². The van der Waals surface area contributed by atoms with Crippen molar-refractivity contribution in [1.82, 2.24) is 9.38 Å². The second kappa shape index (κ2) is 9.99. The van der Waals surface area contributed by atoms with E-state index in [1.807, 2.05) is 85.1 Å². The Morgan fingerprint density at radius 1 is 0.404 bits per heavy atom. The van der Waals surface area contributed by atoms with Crippen LogP contribution in [0.1, 0.15) is 0 Å². The van der Waals surface area contributed by atoms with Crippen molar-refractivity contribution in [3.05, 3.63) is 146 Å². The van der Waals surface area contributed by atoms with Gasteiger partial charge in [0.15, 0.2) is 46.0 Å². The maximum Gasteiger partial charge on any atom is 0.170 e. The lowest BCUT2D eigenvalue weighted by Crippen LogP contribution is -1.98. The molecule has 4 heterocycles. The van der Waals surface area contributed by atoms with E-state index in [1.165, 1.54) is 0 Å². The molecule has 0 aliphatic carbocycles. The molecule has 0 unspecified atom stereocenters. The maximum atomic E-state index is 6.19. The Kier molecular flexibility index (Phi) is 5.48. The predicted molar refractivity (Wildman–Crippen MR) is 182 cm³/mol. The van der Waals surface area contributed by atoms with Crippen LogP contribution in [-0.4, -0.2) is 9.38 Å². The van der Waals surface area contributed by atoms with Crippen LogP contribution in [0.2, 0.25) is 0 Å². The van der Waals surface area contributed by atoms with E-state index in [-0.39, 0.29) is 0 Å². The Labute approximate surface area is 269 Å². The molecule has 2 aliphatic rings. The largest absolute Gasteiger partial charge is 0.450 e. The maximum absolute atomic E-state index is 6.19. The van der Waals surface area contributed by atoms with Crippen LogP contribution in [0.25, 0.3) is 49.9 Å². The summed E-state index contributed by atoms with van der Waals surface area (Å²) in [6.07, 6.45) is 3.92. The van der Waals surface area contributed by atoms with Gasteiger partial charge in [-0.25, -0.2) is 4.98 Å². The first kappa shape index (κ1) is 25.8. The van der Waals surface area contributed by atoms with Gasteiger partial charge in [0, 0.05) is 23.3 Å².